The van der Waals surface area contributed by atoms with Crippen molar-refractivity contribution in [1.29, 1.82) is 0 Å². The molecule has 1 saturated heterocycles. The van der Waals surface area contributed by atoms with Gasteiger partial charge in [-0.15, -0.1) is 0 Å². The van der Waals surface area contributed by atoms with Gasteiger partial charge in [0.05, 0.1) is 17.8 Å². The van der Waals surface area contributed by atoms with Crippen molar-refractivity contribution in [3.8, 4) is 0 Å². The number of hydrogen-bond acceptors (Lipinski definition) is 6. The van der Waals surface area contributed by atoms with Crippen molar-refractivity contribution >= 4 is 54.7 Å². The number of cyclic esters (lactones) is 1. The zero-order valence-corrected chi connectivity index (χ0v) is 17.2. The minimum Gasteiger partial charge on any atom is -0.447 e. The van der Waals surface area contributed by atoms with Crippen molar-refractivity contribution in [1.82, 2.24) is 14.3 Å². The summed E-state index contributed by atoms with van der Waals surface area (Å²) in [4.78, 5) is 31.2. The van der Waals surface area contributed by atoms with Gasteiger partial charge in [-0.05, 0) is 34.1 Å². The lowest BCUT2D eigenvalue weighted by Gasteiger charge is -2.16. The van der Waals surface area contributed by atoms with Gasteiger partial charge in [0, 0.05) is 27.8 Å². The third-order valence-corrected chi connectivity index (χ3v) is 6.14. The normalized spacial score (nSPS) is 14.2. The molecule has 3 heterocycles. The van der Waals surface area contributed by atoms with Crippen molar-refractivity contribution in [2.45, 2.75) is 0 Å². The lowest BCUT2D eigenvalue weighted by molar-refractivity contribution is 0.103. The summed E-state index contributed by atoms with van der Waals surface area (Å²) in [6.07, 6.45) is 1.60. The van der Waals surface area contributed by atoms with Gasteiger partial charge in [-0.3, -0.25) is 9.52 Å². The summed E-state index contributed by atoms with van der Waals surface area (Å²) >= 11 is 3.21. The Morgan fingerprint density at radius 1 is 1.33 bits per heavy atom. The molecule has 2 N–H and O–H groups in total. The van der Waals surface area contributed by atoms with Gasteiger partial charge in [-0.25, -0.2) is 18.6 Å². The van der Waals surface area contributed by atoms with E-state index >= 15 is 4.39 Å². The molecule has 1 aromatic carbocycles. The van der Waals surface area contributed by atoms with Crippen molar-refractivity contribution in [2.75, 3.05) is 17.9 Å². The number of ether oxygens (including phenoxy) is 1. The quantitative estimate of drug-likeness (QED) is 0.519. The molecular weight excluding hydrogens is 490 g/mol. The number of pyridine rings is 1. The van der Waals surface area contributed by atoms with Crippen LogP contribution in [-0.2, 0) is 14.9 Å². The molecule has 9 nitrogen and oxygen atoms in total. The number of aromatic nitrogens is 2. The lowest BCUT2D eigenvalue weighted by Crippen LogP contribution is -2.36. The van der Waals surface area contributed by atoms with Crippen LogP contribution in [-0.4, -0.2) is 47.7 Å². The SMILES string of the molecule is O=C(c1c(F)ccc(NS(=O)(=O)N2CCOC2=O)c1F)c1c[nH]c2ncc(Br)cc12. The van der Waals surface area contributed by atoms with E-state index in [4.69, 9.17) is 0 Å². The van der Waals surface area contributed by atoms with Crippen molar-refractivity contribution in [2.24, 2.45) is 0 Å². The number of ketones is 1. The van der Waals surface area contributed by atoms with E-state index in [2.05, 4.69) is 30.6 Å². The maximum atomic E-state index is 15.0. The summed E-state index contributed by atoms with van der Waals surface area (Å²) in [7, 11) is -4.52. The number of carbonyl (C=O) groups is 2. The Hall–Kier alpha value is -3.06. The fraction of sp³-hybridized carbons (Fsp3) is 0.118. The summed E-state index contributed by atoms with van der Waals surface area (Å²) in [5.41, 5.74) is -1.38. The highest BCUT2D eigenvalue weighted by molar-refractivity contribution is 9.10. The van der Waals surface area contributed by atoms with Gasteiger partial charge in [0.15, 0.2) is 5.82 Å². The molecule has 0 atom stereocenters. The lowest BCUT2D eigenvalue weighted by atomic mass is 10.0. The zero-order chi connectivity index (χ0) is 21.6. The molecule has 4 rings (SSSR count). The second-order valence-corrected chi connectivity index (χ2v) is 8.67. The highest BCUT2D eigenvalue weighted by atomic mass is 79.9. The van der Waals surface area contributed by atoms with Crippen molar-refractivity contribution < 1.29 is 31.5 Å². The average Bonchev–Trinajstić information content (AvgIpc) is 3.30. The maximum Gasteiger partial charge on any atom is 0.425 e. The number of fused-ring (bicyclic) bond motifs is 1. The van der Waals surface area contributed by atoms with Crippen LogP contribution in [0.3, 0.4) is 0 Å². The van der Waals surface area contributed by atoms with Crippen LogP contribution >= 0.6 is 15.9 Å². The van der Waals surface area contributed by atoms with Crippen LogP contribution in [0.25, 0.3) is 11.0 Å². The number of anilines is 1. The Balaban J connectivity index is 1.75. The summed E-state index contributed by atoms with van der Waals surface area (Å²) in [6.45, 7) is -0.417. The standard InChI is InChI=1S/C17H11BrF2N4O5S/c18-8-5-9-10(7-22-16(9)21-6-8)15(25)13-11(19)1-2-12(14(13)20)23-30(27,28)24-3-4-29-17(24)26/h1-2,5-7,23H,3-4H2,(H,21,22). The average molecular weight is 501 g/mol. The highest BCUT2D eigenvalue weighted by Gasteiger charge is 2.35. The highest BCUT2D eigenvalue weighted by Crippen LogP contribution is 2.28. The molecular formula is C17H11BrF2N4O5S. The van der Waals surface area contributed by atoms with E-state index in [1.165, 1.54) is 12.4 Å². The molecule has 1 amide bonds. The summed E-state index contributed by atoms with van der Waals surface area (Å²) in [6, 6.07) is 3.11. The molecule has 0 spiro atoms. The van der Waals surface area contributed by atoms with Crippen LogP contribution in [0.15, 0.2) is 35.1 Å². The first-order valence-corrected chi connectivity index (χ1v) is 10.5. The number of halogens is 3. The number of hydrogen-bond donors (Lipinski definition) is 2. The number of amides is 1. The second kappa shape index (κ2) is 7.32. The molecule has 0 unspecified atom stereocenters. The van der Waals surface area contributed by atoms with Crippen LogP contribution in [0, 0.1) is 11.6 Å². The zero-order valence-electron chi connectivity index (χ0n) is 14.8. The van der Waals surface area contributed by atoms with Gasteiger partial charge in [0.1, 0.15) is 18.1 Å². The topological polar surface area (TPSA) is 121 Å². The number of carbonyl (C=O) groups excluding carboxylic acids is 2. The molecule has 2 aromatic heterocycles. The largest absolute Gasteiger partial charge is 0.447 e. The van der Waals surface area contributed by atoms with Crippen LogP contribution < -0.4 is 4.72 Å². The molecule has 13 heteroatoms. The molecule has 156 valence electrons. The fourth-order valence-corrected chi connectivity index (χ4v) is 4.37. The minimum absolute atomic E-state index is 0.0558. The van der Waals surface area contributed by atoms with Gasteiger partial charge in [-0.2, -0.15) is 12.7 Å². The van der Waals surface area contributed by atoms with E-state index in [1.54, 1.807) is 6.07 Å². The van der Waals surface area contributed by atoms with E-state index < -0.39 is 45.0 Å². The molecule has 0 radical (unpaired) electrons. The van der Waals surface area contributed by atoms with E-state index in [-0.39, 0.29) is 18.7 Å². The molecule has 0 bridgehead atoms. The number of H-pyrrole nitrogens is 1. The van der Waals surface area contributed by atoms with Gasteiger partial charge < -0.3 is 9.72 Å². The van der Waals surface area contributed by atoms with Gasteiger partial charge >= 0.3 is 16.3 Å². The molecule has 30 heavy (non-hydrogen) atoms. The predicted octanol–water partition coefficient (Wildman–Crippen LogP) is 2.94. The first kappa shape index (κ1) is 20.2. The predicted molar refractivity (Wildman–Crippen MR) is 104 cm³/mol. The van der Waals surface area contributed by atoms with E-state index in [0.29, 0.717) is 19.8 Å². The smallest absolute Gasteiger partial charge is 0.425 e. The second-order valence-electron chi connectivity index (χ2n) is 6.16. The first-order valence-electron chi connectivity index (χ1n) is 8.31. The summed E-state index contributed by atoms with van der Waals surface area (Å²) in [5, 5.41) is 0.318. The number of nitrogens with one attached hydrogen (secondary N) is 2. The first-order chi connectivity index (χ1) is 14.2. The van der Waals surface area contributed by atoms with Crippen molar-refractivity contribution in [3.05, 3.63) is 57.8 Å². The Morgan fingerprint density at radius 3 is 2.80 bits per heavy atom. The van der Waals surface area contributed by atoms with Crippen LogP contribution in [0.4, 0.5) is 19.3 Å². The number of nitrogens with zero attached hydrogens (tertiary/aromatic N) is 2. The summed E-state index contributed by atoms with van der Waals surface area (Å²) in [5.74, 6) is -3.62. The van der Waals surface area contributed by atoms with Crippen LogP contribution in [0.1, 0.15) is 15.9 Å². The van der Waals surface area contributed by atoms with Gasteiger partial charge in [0.2, 0.25) is 5.78 Å². The molecule has 1 fully saturated rings. The minimum atomic E-state index is -4.52. The van der Waals surface area contributed by atoms with Crippen molar-refractivity contribution in [3.63, 3.8) is 0 Å². The maximum absolute atomic E-state index is 15.0. The molecule has 1 aliphatic heterocycles. The van der Waals surface area contributed by atoms with Crippen LogP contribution in [0.2, 0.25) is 0 Å². The third-order valence-electron chi connectivity index (χ3n) is 4.31. The Kier molecular flexibility index (Phi) is 4.94. The van der Waals surface area contributed by atoms with Crippen LogP contribution in [0.5, 0.6) is 0 Å². The van der Waals surface area contributed by atoms with E-state index in [0.717, 1.165) is 12.1 Å². The van der Waals surface area contributed by atoms with Gasteiger partial charge in [0.25, 0.3) is 0 Å². The molecule has 1 aliphatic rings. The number of benzene rings is 1. The third kappa shape index (κ3) is 3.39. The fourth-order valence-electron chi connectivity index (χ4n) is 2.93. The Bertz CT molecular complexity index is 1310. The number of rotatable bonds is 5. The monoisotopic (exact) mass is 500 g/mol. The molecule has 0 aliphatic carbocycles. The molecule has 0 saturated carbocycles. The van der Waals surface area contributed by atoms with Gasteiger partial charge in [-0.1, -0.05) is 0 Å². The van der Waals surface area contributed by atoms with E-state index in [9.17, 15) is 22.4 Å². The Labute approximate surface area is 176 Å². The summed E-state index contributed by atoms with van der Waals surface area (Å²) < 4.78 is 61.3. The molecule has 3 aromatic rings. The Morgan fingerprint density at radius 2 is 2.10 bits per heavy atom. The van der Waals surface area contributed by atoms with E-state index in [1.807, 2.05) is 4.72 Å². The number of aromatic amines is 1.